The number of halogens is 2. The normalized spacial score (nSPS) is 10.3. The summed E-state index contributed by atoms with van der Waals surface area (Å²) in [6, 6.07) is 10.5. The summed E-state index contributed by atoms with van der Waals surface area (Å²) >= 11 is 0. The molecule has 2 aromatic carbocycles. The summed E-state index contributed by atoms with van der Waals surface area (Å²) in [5.74, 6) is -0.672. The van der Waals surface area contributed by atoms with Crippen LogP contribution in [0.25, 0.3) is 0 Å². The van der Waals surface area contributed by atoms with E-state index in [-0.39, 0.29) is 17.9 Å². The molecule has 0 aliphatic heterocycles. The van der Waals surface area contributed by atoms with Crippen molar-refractivity contribution in [3.63, 3.8) is 0 Å². The number of benzene rings is 2. The first-order valence-corrected chi connectivity index (χ1v) is 7.69. The molecule has 0 radical (unpaired) electrons. The largest absolute Gasteiger partial charge is 0.484 e. The molecule has 138 valence electrons. The molecule has 0 unspecified atom stereocenters. The number of amides is 2. The van der Waals surface area contributed by atoms with E-state index < -0.39 is 18.4 Å². The van der Waals surface area contributed by atoms with Gasteiger partial charge in [-0.3, -0.25) is 20.4 Å². The zero-order valence-corrected chi connectivity index (χ0v) is 14.2. The fourth-order valence-electron chi connectivity index (χ4n) is 1.98. The number of aryl methyl sites for hydroxylation is 2. The molecule has 2 rings (SSSR count). The summed E-state index contributed by atoms with van der Waals surface area (Å²) in [5, 5.41) is 0. The van der Waals surface area contributed by atoms with Gasteiger partial charge in [-0.15, -0.1) is 0 Å². The molecule has 0 bridgehead atoms. The lowest BCUT2D eigenvalue weighted by atomic mass is 10.1. The molecule has 0 heterocycles. The van der Waals surface area contributed by atoms with Crippen LogP contribution in [0, 0.1) is 13.8 Å². The standard InChI is InChI=1S/C18H18F2N2O4/c1-11-3-6-15(9-12(11)2)25-10-16(23)21-22-17(24)13-4-7-14(8-5-13)26-18(19)20/h3-9,18H,10H2,1-2H3,(H,21,23)(H,22,24). The van der Waals surface area contributed by atoms with Crippen molar-refractivity contribution in [2.45, 2.75) is 20.5 Å². The van der Waals surface area contributed by atoms with Crippen LogP contribution in [0.4, 0.5) is 8.78 Å². The number of hydrogen-bond donors (Lipinski definition) is 2. The molecule has 2 amide bonds. The molecule has 0 aliphatic rings. The van der Waals surface area contributed by atoms with Crippen LogP contribution >= 0.6 is 0 Å². The van der Waals surface area contributed by atoms with Gasteiger partial charge in [0.2, 0.25) is 0 Å². The Labute approximate surface area is 149 Å². The lowest BCUT2D eigenvalue weighted by Crippen LogP contribution is -2.43. The molecule has 8 heteroatoms. The second-order valence-corrected chi connectivity index (χ2v) is 5.44. The van der Waals surface area contributed by atoms with Crippen molar-refractivity contribution in [2.75, 3.05) is 6.61 Å². The predicted octanol–water partition coefficient (Wildman–Crippen LogP) is 2.74. The van der Waals surface area contributed by atoms with Gasteiger partial charge < -0.3 is 9.47 Å². The van der Waals surface area contributed by atoms with Crippen LogP contribution in [0.2, 0.25) is 0 Å². The molecule has 26 heavy (non-hydrogen) atoms. The minimum absolute atomic E-state index is 0.0672. The van der Waals surface area contributed by atoms with Gasteiger partial charge in [0, 0.05) is 5.56 Å². The van der Waals surface area contributed by atoms with E-state index in [1.54, 1.807) is 6.07 Å². The van der Waals surface area contributed by atoms with Gasteiger partial charge >= 0.3 is 6.61 Å². The summed E-state index contributed by atoms with van der Waals surface area (Å²) in [6.45, 7) is 0.684. The summed E-state index contributed by atoms with van der Waals surface area (Å²) in [5.41, 5.74) is 6.73. The molecular weight excluding hydrogens is 346 g/mol. The highest BCUT2D eigenvalue weighted by Gasteiger charge is 2.10. The SMILES string of the molecule is Cc1ccc(OCC(=O)NNC(=O)c2ccc(OC(F)F)cc2)cc1C. The van der Waals surface area contributed by atoms with Crippen LogP contribution in [-0.4, -0.2) is 25.0 Å². The van der Waals surface area contributed by atoms with E-state index in [0.717, 1.165) is 11.1 Å². The van der Waals surface area contributed by atoms with Gasteiger partial charge in [-0.05, 0) is 61.4 Å². The van der Waals surface area contributed by atoms with Gasteiger partial charge in [-0.2, -0.15) is 8.78 Å². The van der Waals surface area contributed by atoms with Crippen LogP contribution in [0.5, 0.6) is 11.5 Å². The van der Waals surface area contributed by atoms with E-state index in [9.17, 15) is 18.4 Å². The number of ether oxygens (including phenoxy) is 2. The summed E-state index contributed by atoms with van der Waals surface area (Å²) < 4.78 is 33.7. The fourth-order valence-corrected chi connectivity index (χ4v) is 1.98. The van der Waals surface area contributed by atoms with Crippen molar-refractivity contribution < 1.29 is 27.8 Å². The Morgan fingerprint density at radius 1 is 0.962 bits per heavy atom. The maximum Gasteiger partial charge on any atom is 0.387 e. The molecular formula is C18H18F2N2O4. The van der Waals surface area contributed by atoms with E-state index >= 15 is 0 Å². The highest BCUT2D eigenvalue weighted by molar-refractivity contribution is 5.95. The third-order valence-electron chi connectivity index (χ3n) is 3.51. The van der Waals surface area contributed by atoms with Gasteiger partial charge in [0.15, 0.2) is 6.61 Å². The molecule has 2 N–H and O–H groups in total. The Balaban J connectivity index is 1.79. The Kier molecular flexibility index (Phi) is 6.48. The van der Waals surface area contributed by atoms with Crippen molar-refractivity contribution in [1.82, 2.24) is 10.9 Å². The van der Waals surface area contributed by atoms with Crippen molar-refractivity contribution in [3.8, 4) is 11.5 Å². The highest BCUT2D eigenvalue weighted by Crippen LogP contribution is 2.16. The van der Waals surface area contributed by atoms with E-state index in [0.29, 0.717) is 5.75 Å². The second-order valence-electron chi connectivity index (χ2n) is 5.44. The van der Waals surface area contributed by atoms with Crippen LogP contribution in [0.3, 0.4) is 0 Å². The molecule has 2 aromatic rings. The minimum atomic E-state index is -2.94. The number of carbonyl (C=O) groups excluding carboxylic acids is 2. The van der Waals surface area contributed by atoms with E-state index in [2.05, 4.69) is 15.6 Å². The van der Waals surface area contributed by atoms with E-state index in [1.807, 2.05) is 26.0 Å². The third-order valence-corrected chi connectivity index (χ3v) is 3.51. The Morgan fingerprint density at radius 3 is 2.23 bits per heavy atom. The molecule has 0 atom stereocenters. The van der Waals surface area contributed by atoms with E-state index in [4.69, 9.17) is 4.74 Å². The molecule has 0 saturated heterocycles. The number of hydrazine groups is 1. The minimum Gasteiger partial charge on any atom is -0.484 e. The van der Waals surface area contributed by atoms with Crippen molar-refractivity contribution in [1.29, 1.82) is 0 Å². The van der Waals surface area contributed by atoms with Gasteiger partial charge in [-0.25, -0.2) is 0 Å². The van der Waals surface area contributed by atoms with Crippen molar-refractivity contribution in [3.05, 3.63) is 59.2 Å². The van der Waals surface area contributed by atoms with Gasteiger partial charge in [0.05, 0.1) is 0 Å². The molecule has 0 fully saturated rings. The van der Waals surface area contributed by atoms with Crippen LogP contribution in [-0.2, 0) is 4.79 Å². The van der Waals surface area contributed by atoms with Gasteiger partial charge in [-0.1, -0.05) is 6.07 Å². The Morgan fingerprint density at radius 2 is 1.62 bits per heavy atom. The fraction of sp³-hybridized carbons (Fsp3) is 0.222. The topological polar surface area (TPSA) is 76.7 Å². The molecule has 6 nitrogen and oxygen atoms in total. The highest BCUT2D eigenvalue weighted by atomic mass is 19.3. The quantitative estimate of drug-likeness (QED) is 0.773. The number of rotatable bonds is 6. The third kappa shape index (κ3) is 5.73. The number of carbonyl (C=O) groups is 2. The molecule has 0 spiro atoms. The maximum atomic E-state index is 12.1. The first-order valence-electron chi connectivity index (χ1n) is 7.69. The molecule has 0 aromatic heterocycles. The molecule has 0 aliphatic carbocycles. The summed E-state index contributed by atoms with van der Waals surface area (Å²) in [4.78, 5) is 23.6. The summed E-state index contributed by atoms with van der Waals surface area (Å²) in [7, 11) is 0. The van der Waals surface area contributed by atoms with Crippen LogP contribution in [0.1, 0.15) is 21.5 Å². The Bertz CT molecular complexity index is 779. The Hall–Kier alpha value is -3.16. The first-order chi connectivity index (χ1) is 12.3. The number of alkyl halides is 2. The zero-order valence-electron chi connectivity index (χ0n) is 14.2. The lowest BCUT2D eigenvalue weighted by molar-refractivity contribution is -0.123. The first kappa shape index (κ1) is 19.2. The predicted molar refractivity (Wildman–Crippen MR) is 90.1 cm³/mol. The van der Waals surface area contributed by atoms with Crippen molar-refractivity contribution in [2.24, 2.45) is 0 Å². The van der Waals surface area contributed by atoms with Crippen LogP contribution in [0.15, 0.2) is 42.5 Å². The number of hydrogen-bond acceptors (Lipinski definition) is 4. The monoisotopic (exact) mass is 364 g/mol. The second kappa shape index (κ2) is 8.80. The summed E-state index contributed by atoms with van der Waals surface area (Å²) in [6.07, 6.45) is 0. The van der Waals surface area contributed by atoms with Crippen LogP contribution < -0.4 is 20.3 Å². The van der Waals surface area contributed by atoms with Crippen molar-refractivity contribution >= 4 is 11.8 Å². The zero-order chi connectivity index (χ0) is 19.1. The average molecular weight is 364 g/mol. The van der Waals surface area contributed by atoms with E-state index in [1.165, 1.54) is 24.3 Å². The molecule has 0 saturated carbocycles. The van der Waals surface area contributed by atoms with Gasteiger partial charge in [0.25, 0.3) is 11.8 Å². The average Bonchev–Trinajstić information content (AvgIpc) is 2.60. The maximum absolute atomic E-state index is 12.1. The number of nitrogens with one attached hydrogen (secondary N) is 2. The smallest absolute Gasteiger partial charge is 0.387 e. The lowest BCUT2D eigenvalue weighted by Gasteiger charge is -2.10. The van der Waals surface area contributed by atoms with Gasteiger partial charge in [0.1, 0.15) is 11.5 Å².